The maximum Gasteiger partial charge on any atom is 0.338 e. The van der Waals surface area contributed by atoms with E-state index in [1.54, 1.807) is 48.4 Å². The van der Waals surface area contributed by atoms with E-state index in [4.69, 9.17) is 9.47 Å². The van der Waals surface area contributed by atoms with E-state index in [0.717, 1.165) is 12.8 Å². The quantitative estimate of drug-likeness (QED) is 0.530. The van der Waals surface area contributed by atoms with Gasteiger partial charge in [0, 0.05) is 18.7 Å². The van der Waals surface area contributed by atoms with E-state index in [2.05, 4.69) is 5.32 Å². The van der Waals surface area contributed by atoms with Gasteiger partial charge in [-0.15, -0.1) is 0 Å². The van der Waals surface area contributed by atoms with Crippen LogP contribution in [0.25, 0.3) is 0 Å². The maximum absolute atomic E-state index is 12.7. The smallest absolute Gasteiger partial charge is 0.338 e. The summed E-state index contributed by atoms with van der Waals surface area (Å²) >= 11 is 0. The van der Waals surface area contributed by atoms with Gasteiger partial charge in [-0.1, -0.05) is 25.5 Å². The standard InChI is InChI=1S/C23H26N2O5/c1-3-4-13-30-23(28)16-9-11-18(12-10-16)24-22(27)17-14-21(26)25(15-17)19-7-5-6-8-20(19)29-2/h5-12,17H,3-4,13-15H2,1-2H3,(H,24,27)/t17-/m1/s1. The number of esters is 1. The highest BCUT2D eigenvalue weighted by Gasteiger charge is 2.36. The van der Waals surface area contributed by atoms with Crippen LogP contribution in [0.15, 0.2) is 48.5 Å². The molecule has 3 rings (SSSR count). The molecule has 7 heteroatoms. The highest BCUT2D eigenvalue weighted by molar-refractivity contribution is 6.04. The van der Waals surface area contributed by atoms with E-state index in [1.807, 2.05) is 19.1 Å². The molecule has 2 amide bonds. The molecule has 158 valence electrons. The van der Waals surface area contributed by atoms with Crippen molar-refractivity contribution < 1.29 is 23.9 Å². The molecule has 0 aliphatic carbocycles. The number of anilines is 2. The second-order valence-corrected chi connectivity index (χ2v) is 7.13. The van der Waals surface area contributed by atoms with Crippen molar-refractivity contribution in [2.24, 2.45) is 5.92 Å². The van der Waals surface area contributed by atoms with Crippen molar-refractivity contribution in [1.29, 1.82) is 0 Å². The van der Waals surface area contributed by atoms with Crippen LogP contribution in [0.1, 0.15) is 36.5 Å². The zero-order valence-corrected chi connectivity index (χ0v) is 17.2. The minimum absolute atomic E-state index is 0.121. The third kappa shape index (κ3) is 4.97. The molecule has 0 saturated carbocycles. The number of methoxy groups -OCH3 is 1. The summed E-state index contributed by atoms with van der Waals surface area (Å²) < 4.78 is 10.5. The lowest BCUT2D eigenvalue weighted by Crippen LogP contribution is -2.28. The van der Waals surface area contributed by atoms with Gasteiger partial charge >= 0.3 is 5.97 Å². The van der Waals surface area contributed by atoms with E-state index in [1.165, 1.54) is 0 Å². The van der Waals surface area contributed by atoms with Crippen molar-refractivity contribution in [1.82, 2.24) is 0 Å². The monoisotopic (exact) mass is 410 g/mol. The number of amides is 2. The van der Waals surface area contributed by atoms with Gasteiger partial charge in [0.2, 0.25) is 11.8 Å². The number of rotatable bonds is 8. The van der Waals surface area contributed by atoms with Crippen LogP contribution in [0.3, 0.4) is 0 Å². The summed E-state index contributed by atoms with van der Waals surface area (Å²) in [4.78, 5) is 38.7. The molecule has 0 unspecified atom stereocenters. The third-order valence-electron chi connectivity index (χ3n) is 4.99. The Morgan fingerprint density at radius 2 is 1.87 bits per heavy atom. The fourth-order valence-corrected chi connectivity index (χ4v) is 3.30. The van der Waals surface area contributed by atoms with Crippen LogP contribution in [0, 0.1) is 5.92 Å². The first-order valence-corrected chi connectivity index (χ1v) is 10.0. The van der Waals surface area contributed by atoms with E-state index in [9.17, 15) is 14.4 Å². The first-order chi connectivity index (χ1) is 14.5. The van der Waals surface area contributed by atoms with E-state index >= 15 is 0 Å². The van der Waals surface area contributed by atoms with E-state index in [0.29, 0.717) is 29.3 Å². The lowest BCUT2D eigenvalue weighted by Gasteiger charge is -2.19. The second kappa shape index (κ2) is 9.91. The van der Waals surface area contributed by atoms with Crippen LogP contribution in [0.2, 0.25) is 0 Å². The predicted molar refractivity (Wildman–Crippen MR) is 114 cm³/mol. The number of para-hydroxylation sites is 2. The normalized spacial score (nSPS) is 15.7. The number of ether oxygens (including phenoxy) is 2. The van der Waals surface area contributed by atoms with Crippen LogP contribution in [0.4, 0.5) is 11.4 Å². The van der Waals surface area contributed by atoms with Crippen LogP contribution in [-0.2, 0) is 14.3 Å². The summed E-state index contributed by atoms with van der Waals surface area (Å²) in [7, 11) is 1.55. The Kier molecular flexibility index (Phi) is 7.06. The van der Waals surface area contributed by atoms with Gasteiger partial charge in [-0.05, 0) is 42.8 Å². The average molecular weight is 410 g/mol. The Balaban J connectivity index is 1.60. The molecule has 1 atom stereocenters. The summed E-state index contributed by atoms with van der Waals surface area (Å²) in [5.74, 6) is -0.617. The molecule has 1 saturated heterocycles. The predicted octanol–water partition coefficient (Wildman–Crippen LogP) is 3.64. The molecule has 7 nitrogen and oxygen atoms in total. The molecule has 0 radical (unpaired) electrons. The molecule has 1 aliphatic rings. The lowest BCUT2D eigenvalue weighted by molar-refractivity contribution is -0.122. The van der Waals surface area contributed by atoms with Gasteiger partial charge in [0.25, 0.3) is 0 Å². The van der Waals surface area contributed by atoms with Crippen molar-refractivity contribution in [2.75, 3.05) is 30.5 Å². The summed E-state index contributed by atoms with van der Waals surface area (Å²) in [5.41, 5.74) is 1.65. The Labute approximate surface area is 176 Å². The topological polar surface area (TPSA) is 84.9 Å². The fourth-order valence-electron chi connectivity index (χ4n) is 3.30. The van der Waals surface area contributed by atoms with Gasteiger partial charge in [-0.2, -0.15) is 0 Å². The zero-order valence-electron chi connectivity index (χ0n) is 17.2. The Morgan fingerprint density at radius 3 is 2.57 bits per heavy atom. The zero-order chi connectivity index (χ0) is 21.5. The summed E-state index contributed by atoms with van der Waals surface area (Å²) in [6.07, 6.45) is 1.91. The molecule has 0 aromatic heterocycles. The molecule has 0 spiro atoms. The molecular weight excluding hydrogens is 384 g/mol. The minimum atomic E-state index is -0.471. The van der Waals surface area contributed by atoms with Crippen molar-refractivity contribution in [3.8, 4) is 5.75 Å². The Hall–Kier alpha value is -3.35. The number of nitrogens with one attached hydrogen (secondary N) is 1. The SMILES string of the molecule is CCCCOC(=O)c1ccc(NC(=O)[C@@H]2CC(=O)N(c3ccccc3OC)C2)cc1. The van der Waals surface area contributed by atoms with Crippen LogP contribution in [0.5, 0.6) is 5.75 Å². The van der Waals surface area contributed by atoms with Gasteiger partial charge in [-0.3, -0.25) is 9.59 Å². The molecule has 1 heterocycles. The van der Waals surface area contributed by atoms with Gasteiger partial charge in [0.1, 0.15) is 5.75 Å². The van der Waals surface area contributed by atoms with Crippen molar-refractivity contribution in [3.05, 3.63) is 54.1 Å². The summed E-state index contributed by atoms with van der Waals surface area (Å²) in [6.45, 7) is 2.71. The van der Waals surface area contributed by atoms with Gasteiger partial charge in [0.15, 0.2) is 0 Å². The lowest BCUT2D eigenvalue weighted by atomic mass is 10.1. The van der Waals surface area contributed by atoms with Crippen LogP contribution < -0.4 is 15.0 Å². The molecule has 2 aromatic carbocycles. The number of hydrogen-bond donors (Lipinski definition) is 1. The number of carbonyl (C=O) groups excluding carboxylic acids is 3. The van der Waals surface area contributed by atoms with Crippen molar-refractivity contribution >= 4 is 29.2 Å². The number of nitrogens with zero attached hydrogens (tertiary/aromatic N) is 1. The summed E-state index contributed by atoms with van der Waals surface area (Å²) in [6, 6.07) is 13.8. The number of hydrogen-bond acceptors (Lipinski definition) is 5. The van der Waals surface area contributed by atoms with Crippen LogP contribution >= 0.6 is 0 Å². The van der Waals surface area contributed by atoms with Crippen molar-refractivity contribution in [3.63, 3.8) is 0 Å². The van der Waals surface area contributed by atoms with Gasteiger partial charge in [-0.25, -0.2) is 4.79 Å². The molecule has 0 bridgehead atoms. The molecule has 30 heavy (non-hydrogen) atoms. The van der Waals surface area contributed by atoms with Gasteiger partial charge in [0.05, 0.1) is 30.9 Å². The second-order valence-electron chi connectivity index (χ2n) is 7.13. The molecule has 1 aliphatic heterocycles. The van der Waals surface area contributed by atoms with Gasteiger partial charge < -0.3 is 19.7 Å². The third-order valence-corrected chi connectivity index (χ3v) is 4.99. The Morgan fingerprint density at radius 1 is 1.13 bits per heavy atom. The molecule has 1 fully saturated rings. The van der Waals surface area contributed by atoms with E-state index < -0.39 is 5.92 Å². The average Bonchev–Trinajstić information content (AvgIpc) is 3.16. The summed E-state index contributed by atoms with van der Waals surface area (Å²) in [5, 5.41) is 2.82. The maximum atomic E-state index is 12.7. The first-order valence-electron chi connectivity index (χ1n) is 10.0. The highest BCUT2D eigenvalue weighted by atomic mass is 16.5. The molecular formula is C23H26N2O5. The van der Waals surface area contributed by atoms with Crippen molar-refractivity contribution in [2.45, 2.75) is 26.2 Å². The highest BCUT2D eigenvalue weighted by Crippen LogP contribution is 2.33. The minimum Gasteiger partial charge on any atom is -0.495 e. The number of benzene rings is 2. The number of carbonyl (C=O) groups is 3. The molecule has 1 N–H and O–H groups in total. The number of unbranched alkanes of at least 4 members (excludes halogenated alkanes) is 1. The van der Waals surface area contributed by atoms with E-state index in [-0.39, 0.29) is 30.7 Å². The largest absolute Gasteiger partial charge is 0.495 e. The first kappa shape index (κ1) is 21.4. The molecule has 2 aromatic rings. The fraction of sp³-hybridized carbons (Fsp3) is 0.348. The van der Waals surface area contributed by atoms with Crippen LogP contribution in [-0.4, -0.2) is 38.0 Å². The Bertz CT molecular complexity index is 910.